The summed E-state index contributed by atoms with van der Waals surface area (Å²) in [4.78, 5) is 11.7. The van der Waals surface area contributed by atoms with Crippen LogP contribution in [0.3, 0.4) is 0 Å². The van der Waals surface area contributed by atoms with E-state index in [0.29, 0.717) is 12.1 Å². The molecule has 2 aliphatic rings. The molecule has 2 atom stereocenters. The predicted molar refractivity (Wildman–Crippen MR) is 122 cm³/mol. The number of fused-ring (bicyclic) bond motifs is 3. The van der Waals surface area contributed by atoms with Gasteiger partial charge in [0.1, 0.15) is 0 Å². The molecule has 3 aromatic heterocycles. The molecule has 0 bridgehead atoms. The highest BCUT2D eigenvalue weighted by molar-refractivity contribution is 5.97. The molecule has 2 aromatic carbocycles. The zero-order valence-corrected chi connectivity index (χ0v) is 16.8. The highest BCUT2D eigenvalue weighted by Crippen LogP contribution is 2.33. The summed E-state index contributed by atoms with van der Waals surface area (Å²) < 4.78 is 1.87. The van der Waals surface area contributed by atoms with E-state index >= 15 is 0 Å². The van der Waals surface area contributed by atoms with E-state index in [0.717, 1.165) is 51.9 Å². The van der Waals surface area contributed by atoms with Crippen molar-refractivity contribution in [2.24, 2.45) is 0 Å². The van der Waals surface area contributed by atoms with E-state index in [4.69, 9.17) is 4.98 Å². The molecule has 2 saturated heterocycles. The summed E-state index contributed by atoms with van der Waals surface area (Å²) >= 11 is 0. The first-order chi connectivity index (χ1) is 15.3. The van der Waals surface area contributed by atoms with Gasteiger partial charge in [-0.1, -0.05) is 30.3 Å². The lowest BCUT2D eigenvalue weighted by Crippen LogP contribution is -2.78. The minimum atomic E-state index is 0.677. The summed E-state index contributed by atoms with van der Waals surface area (Å²) in [6.07, 6.45) is 7.73. The molecule has 7 rings (SSSR count). The van der Waals surface area contributed by atoms with Gasteiger partial charge in [0.25, 0.3) is 0 Å². The van der Waals surface area contributed by atoms with Crippen LogP contribution in [-0.2, 0) is 0 Å². The molecule has 150 valence electrons. The van der Waals surface area contributed by atoms with Gasteiger partial charge < -0.3 is 10.2 Å². The topological polar surface area (TPSA) is 58.4 Å². The number of para-hydroxylation sites is 1. The number of hydrogen-bond donors (Lipinski definition) is 1. The molecule has 0 amide bonds. The van der Waals surface area contributed by atoms with Crippen molar-refractivity contribution in [1.82, 2.24) is 24.9 Å². The molecule has 2 unspecified atom stereocenters. The average molecular weight is 404 g/mol. The third kappa shape index (κ3) is 2.52. The van der Waals surface area contributed by atoms with Gasteiger partial charge in [0.15, 0.2) is 5.65 Å². The molecule has 0 spiro atoms. The third-order valence-electron chi connectivity index (χ3n) is 6.68. The predicted octanol–water partition coefficient (Wildman–Crippen LogP) is 3.77. The Bertz CT molecular complexity index is 1430. The van der Waals surface area contributed by atoms with Crippen molar-refractivity contribution in [3.63, 3.8) is 0 Å². The zero-order valence-electron chi connectivity index (χ0n) is 16.8. The number of aromatic nitrogens is 4. The number of nitrogens with one attached hydrogen (secondary N) is 1. The fourth-order valence-electron chi connectivity index (χ4n) is 4.80. The maximum atomic E-state index is 4.78. The number of nitrogens with zero attached hydrogens (tertiary/aromatic N) is 5. The fraction of sp³-hybridized carbons (Fsp3) is 0.160. The normalized spacial score (nSPS) is 19.8. The maximum Gasteiger partial charge on any atom is 0.162 e. The van der Waals surface area contributed by atoms with E-state index in [-0.39, 0.29) is 0 Å². The molecule has 0 aliphatic carbocycles. The monoisotopic (exact) mass is 404 g/mol. The zero-order chi connectivity index (χ0) is 20.4. The minimum absolute atomic E-state index is 0.677. The second kappa shape index (κ2) is 6.36. The Morgan fingerprint density at radius 1 is 0.871 bits per heavy atom. The van der Waals surface area contributed by atoms with Gasteiger partial charge in [-0.25, -0.2) is 9.50 Å². The van der Waals surface area contributed by atoms with Crippen LogP contribution in [-0.4, -0.2) is 44.8 Å². The van der Waals surface area contributed by atoms with Crippen LogP contribution in [0.1, 0.15) is 0 Å². The smallest absolute Gasteiger partial charge is 0.162 e. The van der Waals surface area contributed by atoms with E-state index in [2.05, 4.69) is 56.8 Å². The summed E-state index contributed by atoms with van der Waals surface area (Å²) in [7, 11) is 0. The van der Waals surface area contributed by atoms with Crippen LogP contribution in [0.2, 0.25) is 0 Å². The summed E-state index contributed by atoms with van der Waals surface area (Å²) in [6, 6.07) is 20.4. The second-order valence-electron chi connectivity index (χ2n) is 8.33. The van der Waals surface area contributed by atoms with Gasteiger partial charge in [0.2, 0.25) is 0 Å². The number of rotatable bonds is 3. The summed E-state index contributed by atoms with van der Waals surface area (Å²) in [5, 5.41) is 9.17. The highest BCUT2D eigenvalue weighted by atomic mass is 15.4. The van der Waals surface area contributed by atoms with Crippen LogP contribution in [0.4, 0.5) is 5.69 Å². The van der Waals surface area contributed by atoms with Crippen LogP contribution in [0.25, 0.3) is 38.8 Å². The second-order valence-corrected chi connectivity index (χ2v) is 8.33. The fourth-order valence-corrected chi connectivity index (χ4v) is 4.80. The van der Waals surface area contributed by atoms with Crippen molar-refractivity contribution in [3.8, 4) is 22.3 Å². The Hall–Kier alpha value is -3.77. The largest absolute Gasteiger partial charge is 0.364 e. The molecular formula is C25H20N6. The van der Waals surface area contributed by atoms with E-state index in [1.165, 1.54) is 5.69 Å². The van der Waals surface area contributed by atoms with Gasteiger partial charge in [-0.05, 0) is 35.4 Å². The van der Waals surface area contributed by atoms with E-state index in [9.17, 15) is 0 Å². The Morgan fingerprint density at radius 2 is 1.77 bits per heavy atom. The summed E-state index contributed by atoms with van der Waals surface area (Å²) in [5.74, 6) is 0. The van der Waals surface area contributed by atoms with Crippen LogP contribution in [0.15, 0.2) is 79.4 Å². The quantitative estimate of drug-likeness (QED) is 0.496. The Kier molecular flexibility index (Phi) is 3.48. The van der Waals surface area contributed by atoms with Gasteiger partial charge in [0.05, 0.1) is 17.8 Å². The van der Waals surface area contributed by atoms with E-state index in [1.807, 2.05) is 47.4 Å². The van der Waals surface area contributed by atoms with Crippen molar-refractivity contribution in [2.45, 2.75) is 12.1 Å². The molecule has 5 aromatic rings. The number of hydrogen-bond acceptors (Lipinski definition) is 5. The van der Waals surface area contributed by atoms with Crippen LogP contribution >= 0.6 is 0 Å². The van der Waals surface area contributed by atoms with Crippen LogP contribution in [0.5, 0.6) is 0 Å². The minimum Gasteiger partial charge on any atom is -0.364 e. The first kappa shape index (κ1) is 17.0. The molecule has 2 fully saturated rings. The number of pyridine rings is 1. The van der Waals surface area contributed by atoms with Crippen molar-refractivity contribution < 1.29 is 0 Å². The highest BCUT2D eigenvalue weighted by Gasteiger charge is 2.45. The molecular weight excluding hydrogens is 384 g/mol. The number of piperazine rings is 1. The van der Waals surface area contributed by atoms with Gasteiger partial charge in [-0.2, -0.15) is 5.10 Å². The standard InChI is InChI=1S/C25H20N6/c1-2-4-22-20(3-1)19(9-10-26-22)21-12-29-31-14-17(11-28-25(21)31)16-5-7-18(8-6-16)30-15-23-24(30)13-27-23/h1-12,14,23-24,27H,13,15H2. The number of anilines is 1. The van der Waals surface area contributed by atoms with Gasteiger partial charge in [-0.3, -0.25) is 4.98 Å². The molecule has 5 heterocycles. The first-order valence-electron chi connectivity index (χ1n) is 10.6. The molecule has 0 radical (unpaired) electrons. The van der Waals surface area contributed by atoms with Crippen LogP contribution < -0.4 is 10.2 Å². The van der Waals surface area contributed by atoms with Crippen molar-refractivity contribution in [1.29, 1.82) is 0 Å². The van der Waals surface area contributed by atoms with E-state index in [1.54, 1.807) is 0 Å². The third-order valence-corrected chi connectivity index (χ3v) is 6.68. The van der Waals surface area contributed by atoms with Crippen LogP contribution in [0, 0.1) is 0 Å². The Labute approximate surface area is 179 Å². The first-order valence-corrected chi connectivity index (χ1v) is 10.6. The lowest BCUT2D eigenvalue weighted by atomic mass is 9.88. The lowest BCUT2D eigenvalue weighted by molar-refractivity contribution is 0.213. The number of benzene rings is 2. The Morgan fingerprint density at radius 3 is 2.58 bits per heavy atom. The lowest BCUT2D eigenvalue weighted by Gasteiger charge is -2.57. The van der Waals surface area contributed by atoms with Gasteiger partial charge >= 0.3 is 0 Å². The molecule has 1 N–H and O–H groups in total. The van der Waals surface area contributed by atoms with E-state index < -0.39 is 0 Å². The SMILES string of the molecule is c1ccc2c(-c3cnn4cc(-c5ccc(N6CC7NCC76)cc5)cnc34)ccnc2c1. The maximum absolute atomic E-state index is 4.78. The summed E-state index contributed by atoms with van der Waals surface area (Å²) in [6.45, 7) is 2.21. The molecule has 31 heavy (non-hydrogen) atoms. The molecule has 6 heteroatoms. The van der Waals surface area contributed by atoms with Crippen molar-refractivity contribution in [3.05, 3.63) is 79.4 Å². The van der Waals surface area contributed by atoms with Crippen molar-refractivity contribution >= 4 is 22.2 Å². The molecule has 0 saturated carbocycles. The Balaban J connectivity index is 1.24. The average Bonchev–Trinajstić information content (AvgIpc) is 3.24. The van der Waals surface area contributed by atoms with Gasteiger partial charge in [-0.15, -0.1) is 0 Å². The summed E-state index contributed by atoms with van der Waals surface area (Å²) in [5.41, 5.74) is 7.44. The molecule has 2 aliphatic heterocycles. The van der Waals surface area contributed by atoms with Gasteiger partial charge in [0, 0.05) is 59.9 Å². The van der Waals surface area contributed by atoms with Crippen molar-refractivity contribution in [2.75, 3.05) is 18.0 Å². The molecule has 6 nitrogen and oxygen atoms in total.